The summed E-state index contributed by atoms with van der Waals surface area (Å²) in [6.45, 7) is 4.53. The van der Waals surface area contributed by atoms with Crippen LogP contribution in [0.15, 0.2) is 60.7 Å². The van der Waals surface area contributed by atoms with Crippen molar-refractivity contribution in [3.8, 4) is 5.75 Å². The van der Waals surface area contributed by atoms with Gasteiger partial charge in [0.2, 0.25) is 11.8 Å². The van der Waals surface area contributed by atoms with Crippen molar-refractivity contribution < 1.29 is 14.3 Å². The van der Waals surface area contributed by atoms with E-state index in [0.29, 0.717) is 38.6 Å². The van der Waals surface area contributed by atoms with E-state index < -0.39 is 0 Å². The summed E-state index contributed by atoms with van der Waals surface area (Å²) in [4.78, 5) is 26.7. The number of hydrogen-bond acceptors (Lipinski definition) is 3. The van der Waals surface area contributed by atoms with Crippen molar-refractivity contribution in [3.05, 3.63) is 66.2 Å². The standard InChI is InChI=1S/C25H32N2O3/c1-20(21-8-4-2-5-9-21)12-16-26-25(29)22-13-17-27(18-14-22)24(28)15-19-30-23-10-6-3-7-11-23/h2-11,20,22H,12-19H2,1H3,(H,26,29). The Hall–Kier alpha value is -2.82. The van der Waals surface area contributed by atoms with Crippen LogP contribution in [0.3, 0.4) is 0 Å². The third-order valence-corrected chi connectivity index (χ3v) is 5.79. The molecule has 1 heterocycles. The quantitative estimate of drug-likeness (QED) is 0.682. The van der Waals surface area contributed by atoms with E-state index in [0.717, 1.165) is 25.0 Å². The van der Waals surface area contributed by atoms with E-state index in [1.54, 1.807) is 0 Å². The molecule has 1 N–H and O–H groups in total. The number of amides is 2. The molecule has 1 aliphatic rings. The van der Waals surface area contributed by atoms with E-state index in [9.17, 15) is 9.59 Å². The maximum Gasteiger partial charge on any atom is 0.225 e. The van der Waals surface area contributed by atoms with Crippen molar-refractivity contribution in [3.63, 3.8) is 0 Å². The van der Waals surface area contributed by atoms with Gasteiger partial charge >= 0.3 is 0 Å². The molecule has 30 heavy (non-hydrogen) atoms. The fraction of sp³-hybridized carbons (Fsp3) is 0.440. The highest BCUT2D eigenvalue weighted by Gasteiger charge is 2.27. The maximum atomic E-state index is 12.5. The molecule has 1 fully saturated rings. The number of carbonyl (C=O) groups is 2. The van der Waals surface area contributed by atoms with Gasteiger partial charge in [0.05, 0.1) is 13.0 Å². The Labute approximate surface area is 179 Å². The predicted octanol–water partition coefficient (Wildman–Crippen LogP) is 4.00. The lowest BCUT2D eigenvalue weighted by molar-refractivity contribution is -0.136. The number of likely N-dealkylation sites (tertiary alicyclic amines) is 1. The van der Waals surface area contributed by atoms with Crippen molar-refractivity contribution in [1.29, 1.82) is 0 Å². The van der Waals surface area contributed by atoms with Crippen LogP contribution in [0.1, 0.15) is 44.1 Å². The van der Waals surface area contributed by atoms with Crippen LogP contribution in [0.25, 0.3) is 0 Å². The van der Waals surface area contributed by atoms with Gasteiger partial charge in [0.15, 0.2) is 0 Å². The van der Waals surface area contributed by atoms with E-state index in [4.69, 9.17) is 4.74 Å². The number of para-hydroxylation sites is 1. The number of ether oxygens (including phenoxy) is 1. The van der Waals surface area contributed by atoms with Gasteiger partial charge in [0.1, 0.15) is 5.75 Å². The molecule has 0 aromatic heterocycles. The monoisotopic (exact) mass is 408 g/mol. The Morgan fingerprint density at radius 1 is 1.03 bits per heavy atom. The van der Waals surface area contributed by atoms with Crippen LogP contribution in [0, 0.1) is 5.92 Å². The van der Waals surface area contributed by atoms with E-state index in [1.807, 2.05) is 53.4 Å². The summed E-state index contributed by atoms with van der Waals surface area (Å²) in [6, 6.07) is 19.9. The van der Waals surface area contributed by atoms with Crippen molar-refractivity contribution >= 4 is 11.8 Å². The molecule has 0 saturated carbocycles. The summed E-state index contributed by atoms with van der Waals surface area (Å²) < 4.78 is 5.61. The first-order chi connectivity index (χ1) is 14.6. The van der Waals surface area contributed by atoms with Crippen LogP contribution >= 0.6 is 0 Å². The number of rotatable bonds is 9. The average Bonchev–Trinajstić information content (AvgIpc) is 2.80. The second-order valence-electron chi connectivity index (χ2n) is 7.96. The van der Waals surface area contributed by atoms with Crippen LogP contribution in [0.4, 0.5) is 0 Å². The number of nitrogens with zero attached hydrogens (tertiary/aromatic N) is 1. The van der Waals surface area contributed by atoms with E-state index in [1.165, 1.54) is 5.56 Å². The fourth-order valence-electron chi connectivity index (χ4n) is 3.83. The molecule has 160 valence electrons. The molecule has 2 aromatic carbocycles. The number of nitrogens with one attached hydrogen (secondary N) is 1. The number of carbonyl (C=O) groups excluding carboxylic acids is 2. The van der Waals surface area contributed by atoms with Gasteiger partial charge in [-0.3, -0.25) is 9.59 Å². The van der Waals surface area contributed by atoms with Gasteiger partial charge in [-0.1, -0.05) is 55.5 Å². The Morgan fingerprint density at radius 3 is 2.33 bits per heavy atom. The van der Waals surface area contributed by atoms with Gasteiger partial charge in [0.25, 0.3) is 0 Å². The van der Waals surface area contributed by atoms with Crippen molar-refractivity contribution in [1.82, 2.24) is 10.2 Å². The summed E-state index contributed by atoms with van der Waals surface area (Å²) in [7, 11) is 0. The van der Waals surface area contributed by atoms with Crippen molar-refractivity contribution in [2.45, 2.75) is 38.5 Å². The highest BCUT2D eigenvalue weighted by molar-refractivity contribution is 5.80. The van der Waals surface area contributed by atoms with Gasteiger partial charge in [-0.25, -0.2) is 0 Å². The Morgan fingerprint density at radius 2 is 1.67 bits per heavy atom. The van der Waals surface area contributed by atoms with Gasteiger partial charge in [0, 0.05) is 25.6 Å². The van der Waals surface area contributed by atoms with Crippen LogP contribution in [0.2, 0.25) is 0 Å². The van der Waals surface area contributed by atoms with Crippen LogP contribution < -0.4 is 10.1 Å². The molecule has 0 spiro atoms. The molecule has 0 radical (unpaired) electrons. The summed E-state index contributed by atoms with van der Waals surface area (Å²) in [5, 5.41) is 3.09. The molecule has 2 aromatic rings. The van der Waals surface area contributed by atoms with Gasteiger partial charge in [-0.05, 0) is 42.9 Å². The van der Waals surface area contributed by atoms with Gasteiger partial charge in [-0.15, -0.1) is 0 Å². The zero-order valence-electron chi connectivity index (χ0n) is 17.8. The molecular weight excluding hydrogens is 376 g/mol. The first-order valence-electron chi connectivity index (χ1n) is 10.9. The third-order valence-electron chi connectivity index (χ3n) is 5.79. The minimum Gasteiger partial charge on any atom is -0.493 e. The molecule has 5 nitrogen and oxygen atoms in total. The Bertz CT molecular complexity index is 787. The SMILES string of the molecule is CC(CCNC(=O)C1CCN(C(=O)CCOc2ccccc2)CC1)c1ccccc1. The second-order valence-corrected chi connectivity index (χ2v) is 7.96. The molecule has 0 aliphatic carbocycles. The molecule has 0 bridgehead atoms. The molecule has 1 aliphatic heterocycles. The second kappa shape index (κ2) is 11.4. The highest BCUT2D eigenvalue weighted by atomic mass is 16.5. The molecular formula is C25H32N2O3. The van der Waals surface area contributed by atoms with Crippen LogP contribution in [0.5, 0.6) is 5.75 Å². The third kappa shape index (κ3) is 6.61. The molecule has 2 amide bonds. The zero-order chi connectivity index (χ0) is 21.2. The largest absolute Gasteiger partial charge is 0.493 e. The number of hydrogen-bond donors (Lipinski definition) is 1. The minimum absolute atomic E-state index is 0.00153. The minimum atomic E-state index is 0.00153. The molecule has 3 rings (SSSR count). The van der Waals surface area contributed by atoms with E-state index in [-0.39, 0.29) is 17.7 Å². The molecule has 1 atom stereocenters. The number of piperidine rings is 1. The summed E-state index contributed by atoms with van der Waals surface area (Å²) in [6.07, 6.45) is 2.74. The first-order valence-corrected chi connectivity index (χ1v) is 10.9. The summed E-state index contributed by atoms with van der Waals surface area (Å²) >= 11 is 0. The normalized spacial score (nSPS) is 15.4. The van der Waals surface area contributed by atoms with Gasteiger partial charge < -0.3 is 15.0 Å². The smallest absolute Gasteiger partial charge is 0.225 e. The zero-order valence-corrected chi connectivity index (χ0v) is 17.8. The van der Waals surface area contributed by atoms with E-state index >= 15 is 0 Å². The van der Waals surface area contributed by atoms with Crippen LogP contribution in [-0.4, -0.2) is 43.0 Å². The number of benzene rings is 2. The summed E-state index contributed by atoms with van der Waals surface area (Å²) in [5.74, 6) is 1.42. The van der Waals surface area contributed by atoms with E-state index in [2.05, 4.69) is 24.4 Å². The predicted molar refractivity (Wildman–Crippen MR) is 118 cm³/mol. The van der Waals surface area contributed by atoms with Gasteiger partial charge in [-0.2, -0.15) is 0 Å². The lowest BCUT2D eigenvalue weighted by Crippen LogP contribution is -2.43. The molecule has 1 saturated heterocycles. The lowest BCUT2D eigenvalue weighted by atomic mass is 9.95. The Kier molecular flexibility index (Phi) is 8.30. The molecule has 5 heteroatoms. The maximum absolute atomic E-state index is 12.5. The van der Waals surface area contributed by atoms with Crippen molar-refractivity contribution in [2.75, 3.05) is 26.2 Å². The average molecular weight is 409 g/mol. The highest BCUT2D eigenvalue weighted by Crippen LogP contribution is 2.20. The topological polar surface area (TPSA) is 58.6 Å². The van der Waals surface area contributed by atoms with Crippen LogP contribution in [-0.2, 0) is 9.59 Å². The summed E-state index contributed by atoms with van der Waals surface area (Å²) in [5.41, 5.74) is 1.30. The molecule has 1 unspecified atom stereocenters. The van der Waals surface area contributed by atoms with Crippen molar-refractivity contribution in [2.24, 2.45) is 5.92 Å². The lowest BCUT2D eigenvalue weighted by Gasteiger charge is -2.31. The fourth-order valence-corrected chi connectivity index (χ4v) is 3.83. The Balaban J connectivity index is 1.31. The first kappa shape index (κ1) is 21.9.